The normalized spacial score (nSPS) is 11.7. The minimum absolute atomic E-state index is 0.317. The van der Waals surface area contributed by atoms with Crippen molar-refractivity contribution in [3.05, 3.63) is 38.9 Å². The average molecular weight is 286 g/mol. The van der Waals surface area contributed by atoms with Gasteiger partial charge in [0.05, 0.1) is 0 Å². The van der Waals surface area contributed by atoms with Crippen LogP contribution in [-0.4, -0.2) is 14.5 Å². The van der Waals surface area contributed by atoms with Crippen LogP contribution in [0.4, 0.5) is 0 Å². The van der Waals surface area contributed by atoms with Crippen molar-refractivity contribution >= 4 is 22.3 Å². The minimum atomic E-state index is -0.317. The molecule has 98 valence electrons. The Bertz CT molecular complexity index is 581. The zero-order chi connectivity index (χ0) is 13.4. The molecular weight excluding hydrogens is 268 g/mol. The third kappa shape index (κ3) is 2.28. The van der Waals surface area contributed by atoms with E-state index in [1.165, 1.54) is 32.1 Å². The van der Waals surface area contributed by atoms with Gasteiger partial charge in [0.1, 0.15) is 10.7 Å². The van der Waals surface area contributed by atoms with Crippen LogP contribution < -0.4 is 5.84 Å². The van der Waals surface area contributed by atoms with E-state index >= 15 is 0 Å². The number of rotatable bonds is 1. The fraction of sp³-hybridized carbons (Fsp3) is 0.333. The van der Waals surface area contributed by atoms with Crippen molar-refractivity contribution in [2.75, 3.05) is 5.84 Å². The number of aromatic nitrogens is 3. The number of nitrogens with zero attached hydrogens (tertiary/aromatic N) is 1. The van der Waals surface area contributed by atoms with Gasteiger partial charge < -0.3 is 5.84 Å². The number of aryl methyl sites for hydroxylation is 2. The van der Waals surface area contributed by atoms with Crippen LogP contribution in [0.3, 0.4) is 0 Å². The third-order valence-corrected chi connectivity index (χ3v) is 5.40. The van der Waals surface area contributed by atoms with Gasteiger partial charge in [-0.2, -0.15) is 0 Å². The summed E-state index contributed by atoms with van der Waals surface area (Å²) in [5.74, 6) is 5.72. The number of H-pyrrole nitrogens is 2. The van der Waals surface area contributed by atoms with E-state index in [-0.39, 0.29) is 10.7 Å². The molecule has 0 aliphatic carbocycles. The van der Waals surface area contributed by atoms with E-state index in [0.29, 0.717) is 5.15 Å². The summed E-state index contributed by atoms with van der Waals surface area (Å²) in [6.45, 7) is 8.53. The molecule has 4 nitrogen and oxygen atoms in total. The van der Waals surface area contributed by atoms with E-state index < -0.39 is 0 Å². The van der Waals surface area contributed by atoms with Crippen LogP contribution >= 0.6 is 22.3 Å². The van der Waals surface area contributed by atoms with Gasteiger partial charge in [0.15, 0.2) is 5.15 Å². The Kier molecular flexibility index (Phi) is 3.45. The molecular formula is C12H18ClN4S+. The highest BCUT2D eigenvalue weighted by Crippen LogP contribution is 2.36. The van der Waals surface area contributed by atoms with Crippen LogP contribution in [0, 0.1) is 27.7 Å². The van der Waals surface area contributed by atoms with Gasteiger partial charge in [-0.25, -0.2) is 5.10 Å². The Balaban J connectivity index is 2.78. The van der Waals surface area contributed by atoms with Crippen LogP contribution in [-0.2, 0) is 0 Å². The molecule has 1 aromatic carbocycles. The van der Waals surface area contributed by atoms with Crippen LogP contribution in [0.15, 0.2) is 11.4 Å². The predicted molar refractivity (Wildman–Crippen MR) is 78.7 cm³/mol. The van der Waals surface area contributed by atoms with Gasteiger partial charge >= 0.3 is 0 Å². The van der Waals surface area contributed by atoms with Gasteiger partial charge in [-0.05, 0) is 38.8 Å². The summed E-state index contributed by atoms with van der Waals surface area (Å²) in [4.78, 5) is 2.57. The third-order valence-electron chi connectivity index (χ3n) is 3.16. The Hall–Kier alpha value is -1.33. The second-order valence-electron chi connectivity index (χ2n) is 4.47. The average Bonchev–Trinajstić information content (AvgIpc) is 2.25. The Morgan fingerprint density at radius 1 is 1.17 bits per heavy atom. The Morgan fingerprint density at radius 2 is 1.72 bits per heavy atom. The van der Waals surface area contributed by atoms with E-state index in [1.54, 1.807) is 0 Å². The molecule has 1 unspecified atom stereocenters. The standard InChI is InChI=1S/C12H18ClN4S/c1-7-5-8(2)10(4)12(9(7)3)18-6-11(13)15-17(14)16-18/h5-6,15-16H,14H2,1-4H3/q+1. The topological polar surface area (TPSA) is 62.5 Å². The van der Waals surface area contributed by atoms with Crippen LogP contribution in [0.1, 0.15) is 22.3 Å². The van der Waals surface area contributed by atoms with Gasteiger partial charge in [-0.1, -0.05) is 27.1 Å². The minimum Gasteiger partial charge on any atom is -0.306 e. The Labute approximate surface area is 114 Å². The molecule has 4 N–H and O–H groups in total. The molecule has 6 heteroatoms. The number of hydrogen-bond acceptors (Lipinski definition) is 1. The van der Waals surface area contributed by atoms with Crippen molar-refractivity contribution in [1.29, 1.82) is 0 Å². The van der Waals surface area contributed by atoms with Crippen LogP contribution in [0.5, 0.6) is 0 Å². The first-order valence-electron chi connectivity index (χ1n) is 5.65. The lowest BCUT2D eigenvalue weighted by atomic mass is 10.0. The number of aromatic amines is 2. The molecule has 0 bridgehead atoms. The summed E-state index contributed by atoms with van der Waals surface area (Å²) in [6.07, 6.45) is 0. The van der Waals surface area contributed by atoms with Gasteiger partial charge in [0.25, 0.3) is 0 Å². The molecule has 0 saturated heterocycles. The molecule has 0 radical (unpaired) electrons. The maximum absolute atomic E-state index is 6.04. The van der Waals surface area contributed by atoms with Gasteiger partial charge in [0.2, 0.25) is 10.3 Å². The molecule has 2 rings (SSSR count). The largest absolute Gasteiger partial charge is 0.306 e. The van der Waals surface area contributed by atoms with Gasteiger partial charge in [0, 0.05) is 11.1 Å². The second kappa shape index (κ2) is 4.74. The lowest BCUT2D eigenvalue weighted by Gasteiger charge is -2.09. The summed E-state index contributed by atoms with van der Waals surface area (Å²) in [7, 11) is -0.317. The summed E-state index contributed by atoms with van der Waals surface area (Å²) >= 11 is 6.04. The Morgan fingerprint density at radius 3 is 2.22 bits per heavy atom. The van der Waals surface area contributed by atoms with E-state index in [0.717, 1.165) is 0 Å². The lowest BCUT2D eigenvalue weighted by molar-refractivity contribution is 0.698. The number of nitrogens with two attached hydrogens (primary N) is 1. The van der Waals surface area contributed by atoms with Crippen molar-refractivity contribution < 1.29 is 0 Å². The van der Waals surface area contributed by atoms with Gasteiger partial charge in [-0.3, -0.25) is 0 Å². The first-order chi connectivity index (χ1) is 8.40. The zero-order valence-corrected chi connectivity index (χ0v) is 12.5. The van der Waals surface area contributed by atoms with Crippen molar-refractivity contribution in [2.24, 2.45) is 0 Å². The predicted octanol–water partition coefficient (Wildman–Crippen LogP) is 3.61. The van der Waals surface area contributed by atoms with E-state index in [2.05, 4.69) is 43.3 Å². The number of halogens is 1. The van der Waals surface area contributed by atoms with E-state index in [9.17, 15) is 0 Å². The smallest absolute Gasteiger partial charge is 0.208 e. The SMILES string of the molecule is Cc1cc(C)c(C)c(-[s+]2cc(Cl)[nH]n(N)[nH]2)c1C. The number of benzene rings is 1. The summed E-state index contributed by atoms with van der Waals surface area (Å²) in [6, 6.07) is 2.21. The first-order valence-corrected chi connectivity index (χ1v) is 7.32. The molecule has 1 atom stereocenters. The molecule has 0 aliphatic heterocycles. The van der Waals surface area contributed by atoms with Crippen LogP contribution in [0.25, 0.3) is 4.90 Å². The molecule has 0 saturated carbocycles. The molecule has 0 aliphatic rings. The highest BCUT2D eigenvalue weighted by atomic mass is 35.5. The number of nitrogen functional groups attached to an aromatic ring is 1. The molecule has 0 spiro atoms. The van der Waals surface area contributed by atoms with E-state index in [1.807, 2.05) is 5.38 Å². The molecule has 2 aromatic rings. The first kappa shape index (κ1) is 13.1. The number of nitrogens with one attached hydrogen (secondary N) is 2. The summed E-state index contributed by atoms with van der Waals surface area (Å²) < 4.78 is 3.17. The highest BCUT2D eigenvalue weighted by Gasteiger charge is 2.20. The summed E-state index contributed by atoms with van der Waals surface area (Å²) in [5.41, 5.74) is 5.14. The van der Waals surface area contributed by atoms with Crippen molar-refractivity contribution in [3.8, 4) is 4.90 Å². The fourth-order valence-corrected chi connectivity index (χ4v) is 4.13. The van der Waals surface area contributed by atoms with Gasteiger partial charge in [-0.15, -0.1) is 0 Å². The quantitative estimate of drug-likeness (QED) is 0.544. The maximum atomic E-state index is 6.04. The number of hydrogen-bond donors (Lipinski definition) is 3. The molecule has 1 heterocycles. The maximum Gasteiger partial charge on any atom is 0.208 e. The summed E-state index contributed by atoms with van der Waals surface area (Å²) in [5, 5.41) is 5.28. The molecule has 18 heavy (non-hydrogen) atoms. The monoisotopic (exact) mass is 285 g/mol. The van der Waals surface area contributed by atoms with Crippen LogP contribution in [0.2, 0.25) is 5.15 Å². The van der Waals surface area contributed by atoms with Crippen molar-refractivity contribution in [2.45, 2.75) is 27.7 Å². The molecule has 1 aromatic heterocycles. The van der Waals surface area contributed by atoms with Crippen molar-refractivity contribution in [3.63, 3.8) is 0 Å². The highest BCUT2D eigenvalue weighted by molar-refractivity contribution is 7.33. The zero-order valence-electron chi connectivity index (χ0n) is 11.0. The van der Waals surface area contributed by atoms with Crippen molar-refractivity contribution in [1.82, 2.24) is 14.5 Å². The second-order valence-corrected chi connectivity index (χ2v) is 6.38. The lowest BCUT2D eigenvalue weighted by Crippen LogP contribution is -2.16. The van der Waals surface area contributed by atoms with E-state index in [4.69, 9.17) is 17.4 Å². The molecule has 0 fully saturated rings. The fourth-order valence-electron chi connectivity index (χ4n) is 2.02. The molecule has 0 amide bonds.